The van der Waals surface area contributed by atoms with E-state index < -0.39 is 5.60 Å². The molecule has 0 unspecified atom stereocenters. The number of carbonyl (C=O) groups is 1. The predicted octanol–water partition coefficient (Wildman–Crippen LogP) is 2.86. The molecule has 1 amide bonds. The Morgan fingerprint density at radius 2 is 2.29 bits per heavy atom. The summed E-state index contributed by atoms with van der Waals surface area (Å²) in [7, 11) is 0. The Kier molecular flexibility index (Phi) is 5.17. The lowest BCUT2D eigenvalue weighted by atomic mass is 10.1. The first-order valence-corrected chi connectivity index (χ1v) is 7.38. The first-order chi connectivity index (χ1) is 9.94. The average Bonchev–Trinajstić information content (AvgIpc) is 2.87. The standard InChI is InChI=1S/C16H24N2O3/c1-16(2,3)21-15(19)18-8-6-14(10-18)12-20-11-13-5-4-7-17-9-13/h4-5,7,9,14H,6,8,10-12H2,1-3H3/t14-/m1/s1. The van der Waals surface area contributed by atoms with Gasteiger partial charge in [0.25, 0.3) is 0 Å². The van der Waals surface area contributed by atoms with Crippen molar-refractivity contribution in [2.45, 2.75) is 39.4 Å². The molecular formula is C16H24N2O3. The van der Waals surface area contributed by atoms with Crippen LogP contribution in [0.15, 0.2) is 24.5 Å². The van der Waals surface area contributed by atoms with Crippen LogP contribution in [-0.4, -0.2) is 41.3 Å². The van der Waals surface area contributed by atoms with E-state index in [0.717, 1.165) is 18.5 Å². The van der Waals surface area contributed by atoms with Crippen LogP contribution in [-0.2, 0) is 16.1 Å². The minimum atomic E-state index is -0.439. The molecular weight excluding hydrogens is 268 g/mol. The predicted molar refractivity (Wildman–Crippen MR) is 79.8 cm³/mol. The van der Waals surface area contributed by atoms with E-state index in [2.05, 4.69) is 4.98 Å². The second-order valence-corrected chi connectivity index (χ2v) is 6.46. The van der Waals surface area contributed by atoms with Crippen LogP contribution in [0.4, 0.5) is 4.79 Å². The van der Waals surface area contributed by atoms with Crippen molar-refractivity contribution in [1.29, 1.82) is 0 Å². The Morgan fingerprint density at radius 1 is 1.48 bits per heavy atom. The van der Waals surface area contributed by atoms with Gasteiger partial charge >= 0.3 is 6.09 Å². The molecule has 5 heteroatoms. The van der Waals surface area contributed by atoms with E-state index in [1.807, 2.05) is 39.1 Å². The average molecular weight is 292 g/mol. The second kappa shape index (κ2) is 6.89. The summed E-state index contributed by atoms with van der Waals surface area (Å²) in [4.78, 5) is 17.8. The normalized spacial score (nSPS) is 18.8. The highest BCUT2D eigenvalue weighted by Crippen LogP contribution is 2.20. The number of carbonyl (C=O) groups excluding carboxylic acids is 1. The fourth-order valence-electron chi connectivity index (χ4n) is 2.29. The second-order valence-electron chi connectivity index (χ2n) is 6.46. The molecule has 0 bridgehead atoms. The van der Waals surface area contributed by atoms with Crippen molar-refractivity contribution in [2.75, 3.05) is 19.7 Å². The van der Waals surface area contributed by atoms with Crippen molar-refractivity contribution in [2.24, 2.45) is 5.92 Å². The van der Waals surface area contributed by atoms with Crippen molar-refractivity contribution < 1.29 is 14.3 Å². The molecule has 116 valence electrons. The van der Waals surface area contributed by atoms with E-state index in [-0.39, 0.29) is 6.09 Å². The van der Waals surface area contributed by atoms with E-state index in [1.165, 1.54) is 0 Å². The Labute approximate surface area is 126 Å². The molecule has 1 aliphatic heterocycles. The van der Waals surface area contributed by atoms with Crippen molar-refractivity contribution in [3.05, 3.63) is 30.1 Å². The first kappa shape index (κ1) is 15.8. The van der Waals surface area contributed by atoms with Crippen LogP contribution in [0.1, 0.15) is 32.8 Å². The zero-order chi connectivity index (χ0) is 15.3. The lowest BCUT2D eigenvalue weighted by molar-refractivity contribution is 0.0271. The summed E-state index contributed by atoms with van der Waals surface area (Å²) in [6, 6.07) is 3.90. The third-order valence-corrected chi connectivity index (χ3v) is 3.28. The number of rotatable bonds is 4. The van der Waals surface area contributed by atoms with E-state index >= 15 is 0 Å². The largest absolute Gasteiger partial charge is 0.444 e. The molecule has 1 saturated heterocycles. The molecule has 1 atom stereocenters. The van der Waals surface area contributed by atoms with Gasteiger partial charge in [-0.15, -0.1) is 0 Å². The van der Waals surface area contributed by atoms with E-state index in [0.29, 0.717) is 25.7 Å². The van der Waals surface area contributed by atoms with E-state index in [1.54, 1.807) is 11.1 Å². The van der Waals surface area contributed by atoms with Gasteiger partial charge in [-0.3, -0.25) is 4.98 Å². The number of nitrogens with zero attached hydrogens (tertiary/aromatic N) is 2. The van der Waals surface area contributed by atoms with Crippen LogP contribution in [0.25, 0.3) is 0 Å². The number of pyridine rings is 1. The fourth-order valence-corrected chi connectivity index (χ4v) is 2.29. The third kappa shape index (κ3) is 5.34. The molecule has 0 aromatic carbocycles. The molecule has 0 aliphatic carbocycles. The molecule has 1 fully saturated rings. The van der Waals surface area contributed by atoms with Gasteiger partial charge in [0.2, 0.25) is 0 Å². The molecule has 1 aromatic heterocycles. The minimum Gasteiger partial charge on any atom is -0.444 e. The molecule has 0 saturated carbocycles. The topological polar surface area (TPSA) is 51.7 Å². The third-order valence-electron chi connectivity index (χ3n) is 3.28. The lowest BCUT2D eigenvalue weighted by Gasteiger charge is -2.24. The summed E-state index contributed by atoms with van der Waals surface area (Å²) in [6.45, 7) is 8.34. The highest BCUT2D eigenvalue weighted by molar-refractivity contribution is 5.68. The fraction of sp³-hybridized carbons (Fsp3) is 0.625. The lowest BCUT2D eigenvalue weighted by Crippen LogP contribution is -2.35. The highest BCUT2D eigenvalue weighted by atomic mass is 16.6. The zero-order valence-corrected chi connectivity index (χ0v) is 13.0. The molecule has 21 heavy (non-hydrogen) atoms. The maximum Gasteiger partial charge on any atom is 0.410 e. The number of likely N-dealkylation sites (tertiary alicyclic amines) is 1. The molecule has 2 heterocycles. The maximum atomic E-state index is 12.0. The van der Waals surface area contributed by atoms with Gasteiger partial charge in [-0.05, 0) is 38.8 Å². The summed E-state index contributed by atoms with van der Waals surface area (Å²) in [5, 5.41) is 0. The Hall–Kier alpha value is -1.62. The monoisotopic (exact) mass is 292 g/mol. The Balaban J connectivity index is 1.69. The van der Waals surface area contributed by atoms with Gasteiger partial charge in [0, 0.05) is 31.4 Å². The zero-order valence-electron chi connectivity index (χ0n) is 13.0. The van der Waals surface area contributed by atoms with Gasteiger partial charge in [0.15, 0.2) is 0 Å². The smallest absolute Gasteiger partial charge is 0.410 e. The molecule has 5 nitrogen and oxygen atoms in total. The number of aromatic nitrogens is 1. The summed E-state index contributed by atoms with van der Waals surface area (Å²) in [5.74, 6) is 0.384. The van der Waals surface area contributed by atoms with Crippen LogP contribution in [0, 0.1) is 5.92 Å². The SMILES string of the molecule is CC(C)(C)OC(=O)N1CC[C@@H](COCc2cccnc2)C1. The molecule has 0 radical (unpaired) electrons. The Morgan fingerprint density at radius 3 is 2.95 bits per heavy atom. The van der Waals surface area contributed by atoms with Gasteiger partial charge in [0.05, 0.1) is 13.2 Å². The molecule has 0 spiro atoms. The summed E-state index contributed by atoms with van der Waals surface area (Å²) in [6.07, 6.45) is 4.30. The minimum absolute atomic E-state index is 0.225. The highest BCUT2D eigenvalue weighted by Gasteiger charge is 2.29. The van der Waals surface area contributed by atoms with Crippen molar-refractivity contribution >= 4 is 6.09 Å². The number of ether oxygens (including phenoxy) is 2. The van der Waals surface area contributed by atoms with E-state index in [9.17, 15) is 4.79 Å². The molecule has 1 aliphatic rings. The van der Waals surface area contributed by atoms with Gasteiger partial charge in [-0.2, -0.15) is 0 Å². The van der Waals surface area contributed by atoms with Crippen molar-refractivity contribution in [3.63, 3.8) is 0 Å². The van der Waals surface area contributed by atoms with Crippen LogP contribution < -0.4 is 0 Å². The number of hydrogen-bond acceptors (Lipinski definition) is 4. The summed E-state index contributed by atoms with van der Waals surface area (Å²) in [5.41, 5.74) is 0.630. The number of hydrogen-bond donors (Lipinski definition) is 0. The van der Waals surface area contributed by atoms with Gasteiger partial charge < -0.3 is 14.4 Å². The number of amides is 1. The van der Waals surface area contributed by atoms with E-state index in [4.69, 9.17) is 9.47 Å². The van der Waals surface area contributed by atoms with Crippen LogP contribution in [0.2, 0.25) is 0 Å². The summed E-state index contributed by atoms with van der Waals surface area (Å²) < 4.78 is 11.1. The van der Waals surface area contributed by atoms with Crippen LogP contribution in [0.5, 0.6) is 0 Å². The first-order valence-electron chi connectivity index (χ1n) is 7.38. The summed E-state index contributed by atoms with van der Waals surface area (Å²) >= 11 is 0. The Bertz CT molecular complexity index is 456. The van der Waals surface area contributed by atoms with Gasteiger partial charge in [0.1, 0.15) is 5.60 Å². The van der Waals surface area contributed by atoms with Crippen LogP contribution >= 0.6 is 0 Å². The van der Waals surface area contributed by atoms with Gasteiger partial charge in [-0.25, -0.2) is 4.79 Å². The quantitative estimate of drug-likeness (QED) is 0.856. The van der Waals surface area contributed by atoms with Gasteiger partial charge in [-0.1, -0.05) is 6.07 Å². The maximum absolute atomic E-state index is 12.0. The van der Waals surface area contributed by atoms with Crippen molar-refractivity contribution in [1.82, 2.24) is 9.88 Å². The van der Waals surface area contributed by atoms with Crippen LogP contribution in [0.3, 0.4) is 0 Å². The molecule has 2 rings (SSSR count). The molecule has 1 aromatic rings. The molecule has 0 N–H and O–H groups in total. The van der Waals surface area contributed by atoms with Crippen molar-refractivity contribution in [3.8, 4) is 0 Å².